The molecular formula is C17H20BrN. The summed E-state index contributed by atoms with van der Waals surface area (Å²) in [7, 11) is 0. The van der Waals surface area contributed by atoms with E-state index in [2.05, 4.69) is 90.5 Å². The summed E-state index contributed by atoms with van der Waals surface area (Å²) in [6.45, 7) is 6.59. The van der Waals surface area contributed by atoms with E-state index in [1.807, 2.05) is 0 Å². The van der Waals surface area contributed by atoms with Crippen LogP contribution in [0.5, 0.6) is 0 Å². The van der Waals surface area contributed by atoms with Crippen LogP contribution in [0.1, 0.15) is 42.6 Å². The molecule has 2 aromatic rings. The number of rotatable bonds is 4. The van der Waals surface area contributed by atoms with Crippen molar-refractivity contribution in [2.24, 2.45) is 0 Å². The molecule has 0 saturated carbocycles. The monoisotopic (exact) mass is 317 g/mol. The molecule has 0 aliphatic heterocycles. The van der Waals surface area contributed by atoms with Gasteiger partial charge < -0.3 is 5.32 Å². The average Bonchev–Trinajstić information content (AvgIpc) is 2.39. The molecule has 0 aliphatic rings. The zero-order valence-electron chi connectivity index (χ0n) is 11.7. The Morgan fingerprint density at radius 2 is 1.53 bits per heavy atom. The summed E-state index contributed by atoms with van der Waals surface area (Å²) in [5.41, 5.74) is 4.01. The Labute approximate surface area is 124 Å². The van der Waals surface area contributed by atoms with Crippen molar-refractivity contribution in [3.63, 3.8) is 0 Å². The molecule has 0 aliphatic carbocycles. The van der Waals surface area contributed by atoms with Crippen molar-refractivity contribution in [3.8, 4) is 0 Å². The third-order valence-electron chi connectivity index (χ3n) is 3.52. The second-order valence-corrected chi connectivity index (χ2v) is 5.93. The molecule has 1 nitrogen and oxygen atoms in total. The summed E-state index contributed by atoms with van der Waals surface area (Å²) in [5.74, 6) is 0. The predicted molar refractivity (Wildman–Crippen MR) is 85.3 cm³/mol. The molecule has 2 unspecified atom stereocenters. The van der Waals surface area contributed by atoms with Gasteiger partial charge in [0.1, 0.15) is 0 Å². The summed E-state index contributed by atoms with van der Waals surface area (Å²) in [6.07, 6.45) is 0. The standard InChI is InChI=1S/C17H20BrN/c1-12-6-4-5-7-17(12)14(3)19-13(2)15-8-10-16(18)11-9-15/h4-11,13-14,19H,1-3H3. The van der Waals surface area contributed by atoms with Crippen LogP contribution in [0, 0.1) is 6.92 Å². The summed E-state index contributed by atoms with van der Waals surface area (Å²) in [6, 6.07) is 17.7. The second-order valence-electron chi connectivity index (χ2n) is 5.02. The third-order valence-corrected chi connectivity index (χ3v) is 4.05. The van der Waals surface area contributed by atoms with Gasteiger partial charge in [-0.2, -0.15) is 0 Å². The van der Waals surface area contributed by atoms with Gasteiger partial charge in [-0.25, -0.2) is 0 Å². The van der Waals surface area contributed by atoms with Crippen molar-refractivity contribution >= 4 is 15.9 Å². The minimum Gasteiger partial charge on any atom is -0.304 e. The van der Waals surface area contributed by atoms with Crippen molar-refractivity contribution in [3.05, 3.63) is 69.7 Å². The Bertz CT molecular complexity index is 533. The van der Waals surface area contributed by atoms with Crippen LogP contribution in [0.4, 0.5) is 0 Å². The fourth-order valence-electron chi connectivity index (χ4n) is 2.39. The van der Waals surface area contributed by atoms with E-state index in [1.165, 1.54) is 16.7 Å². The number of hydrogen-bond acceptors (Lipinski definition) is 1. The van der Waals surface area contributed by atoms with Crippen LogP contribution in [0.25, 0.3) is 0 Å². The van der Waals surface area contributed by atoms with Crippen molar-refractivity contribution < 1.29 is 0 Å². The number of halogens is 1. The Kier molecular flexibility index (Phi) is 4.78. The molecule has 2 rings (SSSR count). The molecule has 0 heterocycles. The van der Waals surface area contributed by atoms with Gasteiger partial charge in [0.2, 0.25) is 0 Å². The minimum atomic E-state index is 0.336. The summed E-state index contributed by atoms with van der Waals surface area (Å²) < 4.78 is 1.12. The van der Waals surface area contributed by atoms with E-state index in [0.29, 0.717) is 12.1 Å². The van der Waals surface area contributed by atoms with E-state index in [0.717, 1.165) is 4.47 Å². The first-order chi connectivity index (χ1) is 9.08. The molecule has 2 aromatic carbocycles. The van der Waals surface area contributed by atoms with Crippen molar-refractivity contribution in [2.75, 3.05) is 0 Å². The summed E-state index contributed by atoms with van der Waals surface area (Å²) in [5, 5.41) is 3.66. The topological polar surface area (TPSA) is 12.0 Å². The molecule has 0 radical (unpaired) electrons. The molecule has 0 bridgehead atoms. The van der Waals surface area contributed by atoms with Crippen LogP contribution in [-0.4, -0.2) is 0 Å². The third kappa shape index (κ3) is 3.68. The number of nitrogens with one attached hydrogen (secondary N) is 1. The van der Waals surface area contributed by atoms with Gasteiger partial charge in [-0.1, -0.05) is 52.3 Å². The predicted octanol–water partition coefficient (Wildman–Crippen LogP) is 5.17. The Morgan fingerprint density at radius 1 is 0.895 bits per heavy atom. The highest BCUT2D eigenvalue weighted by molar-refractivity contribution is 9.10. The van der Waals surface area contributed by atoms with Gasteiger partial charge in [-0.15, -0.1) is 0 Å². The Morgan fingerprint density at radius 3 is 2.16 bits per heavy atom. The van der Waals surface area contributed by atoms with E-state index in [9.17, 15) is 0 Å². The first-order valence-corrected chi connectivity index (χ1v) is 7.44. The Balaban J connectivity index is 2.08. The molecular weight excluding hydrogens is 298 g/mol. The smallest absolute Gasteiger partial charge is 0.0300 e. The molecule has 0 fully saturated rings. The van der Waals surface area contributed by atoms with Crippen molar-refractivity contribution in [1.29, 1.82) is 0 Å². The van der Waals surface area contributed by atoms with Crippen LogP contribution in [0.2, 0.25) is 0 Å². The Hall–Kier alpha value is -1.12. The highest BCUT2D eigenvalue weighted by atomic mass is 79.9. The number of hydrogen-bond donors (Lipinski definition) is 1. The lowest BCUT2D eigenvalue weighted by Crippen LogP contribution is -2.23. The molecule has 0 amide bonds. The first-order valence-electron chi connectivity index (χ1n) is 6.65. The zero-order chi connectivity index (χ0) is 13.8. The minimum absolute atomic E-state index is 0.336. The molecule has 0 saturated heterocycles. The lowest BCUT2D eigenvalue weighted by molar-refractivity contribution is 0.493. The largest absolute Gasteiger partial charge is 0.304 e. The van der Waals surface area contributed by atoms with Crippen LogP contribution < -0.4 is 5.32 Å². The van der Waals surface area contributed by atoms with Gasteiger partial charge in [0.05, 0.1) is 0 Å². The average molecular weight is 318 g/mol. The van der Waals surface area contributed by atoms with Gasteiger partial charge in [0, 0.05) is 16.6 Å². The molecule has 2 atom stereocenters. The lowest BCUT2D eigenvalue weighted by atomic mass is 10.0. The number of benzene rings is 2. The molecule has 0 spiro atoms. The molecule has 2 heteroatoms. The molecule has 19 heavy (non-hydrogen) atoms. The number of aryl methyl sites for hydroxylation is 1. The van der Waals surface area contributed by atoms with Gasteiger partial charge in [0.15, 0.2) is 0 Å². The normalized spacial score (nSPS) is 14.1. The van der Waals surface area contributed by atoms with Gasteiger partial charge in [-0.05, 0) is 49.6 Å². The van der Waals surface area contributed by atoms with E-state index in [4.69, 9.17) is 0 Å². The SMILES string of the molecule is Cc1ccccc1C(C)NC(C)c1ccc(Br)cc1. The van der Waals surface area contributed by atoms with Gasteiger partial charge >= 0.3 is 0 Å². The fourth-order valence-corrected chi connectivity index (χ4v) is 2.65. The zero-order valence-corrected chi connectivity index (χ0v) is 13.2. The maximum absolute atomic E-state index is 3.66. The quantitative estimate of drug-likeness (QED) is 0.820. The van der Waals surface area contributed by atoms with Crippen LogP contribution in [0.3, 0.4) is 0 Å². The van der Waals surface area contributed by atoms with Crippen LogP contribution in [0.15, 0.2) is 53.0 Å². The maximum atomic E-state index is 3.66. The molecule has 0 aromatic heterocycles. The van der Waals surface area contributed by atoms with Gasteiger partial charge in [-0.3, -0.25) is 0 Å². The highest BCUT2D eigenvalue weighted by Gasteiger charge is 2.12. The second kappa shape index (κ2) is 6.36. The van der Waals surface area contributed by atoms with E-state index in [1.54, 1.807) is 0 Å². The maximum Gasteiger partial charge on any atom is 0.0300 e. The summed E-state index contributed by atoms with van der Waals surface area (Å²) >= 11 is 3.47. The van der Waals surface area contributed by atoms with E-state index in [-0.39, 0.29) is 0 Å². The van der Waals surface area contributed by atoms with E-state index >= 15 is 0 Å². The van der Waals surface area contributed by atoms with Crippen molar-refractivity contribution in [1.82, 2.24) is 5.32 Å². The summed E-state index contributed by atoms with van der Waals surface area (Å²) in [4.78, 5) is 0. The molecule has 1 N–H and O–H groups in total. The first kappa shape index (κ1) is 14.3. The fraction of sp³-hybridized carbons (Fsp3) is 0.294. The van der Waals surface area contributed by atoms with Crippen molar-refractivity contribution in [2.45, 2.75) is 32.9 Å². The van der Waals surface area contributed by atoms with Crippen LogP contribution >= 0.6 is 15.9 Å². The van der Waals surface area contributed by atoms with Crippen LogP contribution in [-0.2, 0) is 0 Å². The molecule has 100 valence electrons. The highest BCUT2D eigenvalue weighted by Crippen LogP contribution is 2.22. The lowest BCUT2D eigenvalue weighted by Gasteiger charge is -2.22. The van der Waals surface area contributed by atoms with Gasteiger partial charge in [0.25, 0.3) is 0 Å². The van der Waals surface area contributed by atoms with E-state index < -0.39 is 0 Å².